The van der Waals surface area contributed by atoms with E-state index in [4.69, 9.17) is 0 Å². The monoisotopic (exact) mass is 1380 g/mol. The maximum atomic E-state index is 4.14. The van der Waals surface area contributed by atoms with E-state index in [-0.39, 0.29) is 55.4 Å². The van der Waals surface area contributed by atoms with Gasteiger partial charge >= 0.3 is 0 Å². The van der Waals surface area contributed by atoms with Crippen molar-refractivity contribution in [1.82, 2.24) is 0 Å². The predicted molar refractivity (Wildman–Crippen MR) is 426 cm³/mol. The van der Waals surface area contributed by atoms with Gasteiger partial charge in [0, 0.05) is 42.8 Å². The summed E-state index contributed by atoms with van der Waals surface area (Å²) in [6.07, 6.45) is 0. The Kier molecular flexibility index (Phi) is 17.4. The molecule has 0 radical (unpaired) electrons. The molecule has 5 heteroatoms. The number of nitrogens with zero attached hydrogens (tertiary/aromatic N) is 2. The van der Waals surface area contributed by atoms with Gasteiger partial charge in [-0.05, 0) is 197 Å². The molecule has 2 aliphatic rings. The Morgan fingerprint density at radius 2 is 0.463 bits per heavy atom. The first-order valence-corrected chi connectivity index (χ1v) is 36.5. The van der Waals surface area contributed by atoms with Crippen LogP contribution in [0.3, 0.4) is 0 Å². The van der Waals surface area contributed by atoms with E-state index in [1.165, 1.54) is 134 Å². The SMILES string of the molecule is CC(C)(C)c1cc(-c2ccc(-c3cc(C(C)(C)C)cc(C(C)(C)C)c3)c(N3c4cc(Br)ccc4B4c5ccc(Br)cc5N(c5cc(-c6cc(C(C)(C)C)cc(C(C)(C)C)c6)ccc5-c5cc(C(C)(C)C)cc(C(C)(C)C)c5)c5cc(C(C)(C)C)cc3c54)c2)cc(C(C)(C)C)c1. The van der Waals surface area contributed by atoms with E-state index in [9.17, 15) is 0 Å². The fraction of sp³-hybridized carbons (Fsp3) is 0.400. The van der Waals surface area contributed by atoms with E-state index < -0.39 is 0 Å². The number of rotatable bonds is 6. The van der Waals surface area contributed by atoms with Crippen molar-refractivity contribution < 1.29 is 0 Å². The van der Waals surface area contributed by atoms with Crippen LogP contribution in [0.4, 0.5) is 34.1 Å². The third-order valence-electron chi connectivity index (χ3n) is 20.3. The lowest BCUT2D eigenvalue weighted by molar-refractivity contribution is 0.568. The Hall–Kier alpha value is -6.40. The van der Waals surface area contributed by atoms with Crippen molar-refractivity contribution in [1.29, 1.82) is 0 Å². The zero-order chi connectivity index (χ0) is 69.8. The summed E-state index contributed by atoms with van der Waals surface area (Å²) >= 11 is 8.28. The average Bonchev–Trinajstić information content (AvgIpc) is 0.691. The smallest absolute Gasteiger partial charge is 0.252 e. The van der Waals surface area contributed by atoms with Crippen LogP contribution in [0.1, 0.15) is 237 Å². The van der Waals surface area contributed by atoms with E-state index in [0.29, 0.717) is 0 Å². The fourth-order valence-electron chi connectivity index (χ4n) is 13.8. The van der Waals surface area contributed by atoms with Gasteiger partial charge in [0.25, 0.3) is 6.71 Å². The summed E-state index contributed by atoms with van der Waals surface area (Å²) in [6.45, 7) is 63.6. The van der Waals surface area contributed by atoms with E-state index in [1.807, 2.05) is 0 Å². The largest absolute Gasteiger partial charge is 0.311 e. The molecule has 0 aromatic heterocycles. The fourth-order valence-corrected chi connectivity index (χ4v) is 14.5. The summed E-state index contributed by atoms with van der Waals surface area (Å²) in [5, 5.41) is 0. The highest BCUT2D eigenvalue weighted by molar-refractivity contribution is 9.10. The lowest BCUT2D eigenvalue weighted by Gasteiger charge is -2.46. The summed E-state index contributed by atoms with van der Waals surface area (Å²) in [7, 11) is 0. The molecule has 11 rings (SSSR count). The Morgan fingerprint density at radius 1 is 0.221 bits per heavy atom. The minimum Gasteiger partial charge on any atom is -0.311 e. The molecule has 0 saturated carbocycles. The van der Waals surface area contributed by atoms with Crippen LogP contribution in [-0.2, 0) is 48.7 Å². The molecule has 0 fully saturated rings. The topological polar surface area (TPSA) is 6.48 Å². The summed E-state index contributed by atoms with van der Waals surface area (Å²) in [5.41, 5.74) is 31.5. The second kappa shape index (κ2) is 23.7. The molecule has 0 amide bonds. The summed E-state index contributed by atoms with van der Waals surface area (Å²) in [6, 6.07) is 63.8. The van der Waals surface area contributed by atoms with Crippen LogP contribution in [0, 0.1) is 0 Å². The molecule has 0 bridgehead atoms. The molecule has 0 saturated heterocycles. The zero-order valence-corrected chi connectivity index (χ0v) is 65.9. The number of halogens is 2. The zero-order valence-electron chi connectivity index (χ0n) is 62.7. The van der Waals surface area contributed by atoms with Gasteiger partial charge in [0.2, 0.25) is 0 Å². The molecule has 0 spiro atoms. The normalized spacial score (nSPS) is 14.1. The van der Waals surface area contributed by atoms with E-state index >= 15 is 0 Å². The lowest BCUT2D eigenvalue weighted by Crippen LogP contribution is -2.61. The molecule has 2 aliphatic heterocycles. The first kappa shape index (κ1) is 69.9. The van der Waals surface area contributed by atoms with E-state index in [2.05, 4.69) is 386 Å². The van der Waals surface area contributed by atoms with Crippen LogP contribution >= 0.6 is 31.9 Å². The molecule has 494 valence electrons. The van der Waals surface area contributed by atoms with E-state index in [1.54, 1.807) is 0 Å². The van der Waals surface area contributed by atoms with Gasteiger partial charge in [0.05, 0.1) is 11.4 Å². The Balaban J connectivity index is 1.32. The maximum absolute atomic E-state index is 4.14. The molecule has 0 atom stereocenters. The van der Waals surface area contributed by atoms with Crippen LogP contribution in [0.25, 0.3) is 44.5 Å². The summed E-state index contributed by atoms with van der Waals surface area (Å²) in [4.78, 5) is 5.38. The van der Waals surface area contributed by atoms with Crippen LogP contribution < -0.4 is 26.2 Å². The van der Waals surface area contributed by atoms with Gasteiger partial charge in [-0.15, -0.1) is 0 Å². The minimum atomic E-state index is -0.262. The molecule has 0 unspecified atom stereocenters. The summed E-state index contributed by atoms with van der Waals surface area (Å²) in [5.74, 6) is 0. The number of hydrogen-bond donors (Lipinski definition) is 0. The Labute approximate surface area is 591 Å². The second-order valence-corrected chi connectivity index (χ2v) is 39.2. The number of fused-ring (bicyclic) bond motifs is 4. The number of anilines is 6. The number of hydrogen-bond acceptors (Lipinski definition) is 2. The van der Waals surface area contributed by atoms with Gasteiger partial charge in [0.1, 0.15) is 0 Å². The summed E-state index contributed by atoms with van der Waals surface area (Å²) < 4.78 is 2.08. The second-order valence-electron chi connectivity index (χ2n) is 37.3. The molecule has 9 aromatic carbocycles. The van der Waals surface area contributed by atoms with Crippen molar-refractivity contribution in [3.8, 4) is 44.5 Å². The van der Waals surface area contributed by atoms with Crippen LogP contribution in [0.5, 0.6) is 0 Å². The standard InChI is InChI=1S/C90H107BBr2N2/c1-82(2,3)60-36-56(37-61(46-60)83(4,5)6)54-28-32-71(58-40-64(86(13,14)15)48-65(41-58)87(16,17)18)75(44-54)94-77-52-69(92)30-34-73(77)91-74-35-31-70(93)53-78(74)95(80-51-68(90(25,26)27)50-79(94)81(80)91)76-45-55(57-38-62(84(7,8)9)47-63(39-57)85(10,11)12)29-33-72(76)59-42-66(88(19,20)21)49-67(43-59)89(22,23)24/h28-53H,1-27H3. The van der Waals surface area contributed by atoms with E-state index in [0.717, 1.165) is 20.3 Å². The highest BCUT2D eigenvalue weighted by atomic mass is 79.9. The molecular formula is C90H107BBr2N2. The van der Waals surface area contributed by atoms with Gasteiger partial charge in [-0.1, -0.05) is 328 Å². The Bertz CT molecular complexity index is 4100. The Morgan fingerprint density at radius 3 is 0.716 bits per heavy atom. The first-order chi connectivity index (χ1) is 43.5. The number of benzene rings is 9. The van der Waals surface area contributed by atoms with Gasteiger partial charge in [-0.25, -0.2) is 0 Å². The molecule has 2 heterocycles. The maximum Gasteiger partial charge on any atom is 0.252 e. The van der Waals surface area contributed by atoms with Gasteiger partial charge in [0.15, 0.2) is 0 Å². The molecule has 0 aliphatic carbocycles. The average molecular weight is 1390 g/mol. The molecular weight excluding hydrogens is 1280 g/mol. The molecule has 0 N–H and O–H groups in total. The van der Waals surface area contributed by atoms with Crippen molar-refractivity contribution in [2.75, 3.05) is 9.80 Å². The minimum absolute atomic E-state index is 0.0671. The van der Waals surface area contributed by atoms with Crippen LogP contribution in [0.2, 0.25) is 0 Å². The highest BCUT2D eigenvalue weighted by Crippen LogP contribution is 2.53. The van der Waals surface area contributed by atoms with Gasteiger partial charge in [-0.3, -0.25) is 0 Å². The van der Waals surface area contributed by atoms with Crippen molar-refractivity contribution in [2.45, 2.75) is 236 Å². The molecule has 95 heavy (non-hydrogen) atoms. The molecule has 9 aromatic rings. The molecule has 2 nitrogen and oxygen atoms in total. The van der Waals surface area contributed by atoms with Crippen molar-refractivity contribution >= 4 is 89.1 Å². The predicted octanol–water partition coefficient (Wildman–Crippen LogP) is 25.6. The lowest BCUT2D eigenvalue weighted by atomic mass is 9.33. The van der Waals surface area contributed by atoms with Gasteiger partial charge < -0.3 is 9.80 Å². The van der Waals surface area contributed by atoms with Crippen molar-refractivity contribution in [3.63, 3.8) is 0 Å². The third kappa shape index (κ3) is 13.8. The first-order valence-electron chi connectivity index (χ1n) is 34.9. The van der Waals surface area contributed by atoms with Crippen LogP contribution in [-0.4, -0.2) is 6.71 Å². The van der Waals surface area contributed by atoms with Crippen LogP contribution in [0.15, 0.2) is 167 Å². The third-order valence-corrected chi connectivity index (χ3v) is 21.3. The van der Waals surface area contributed by atoms with Gasteiger partial charge in [-0.2, -0.15) is 0 Å². The van der Waals surface area contributed by atoms with Crippen molar-refractivity contribution in [2.24, 2.45) is 0 Å². The quantitative estimate of drug-likeness (QED) is 0.153. The highest BCUT2D eigenvalue weighted by Gasteiger charge is 2.46. The van der Waals surface area contributed by atoms with Crippen molar-refractivity contribution in [3.05, 3.63) is 217 Å².